The second-order valence-corrected chi connectivity index (χ2v) is 7.94. The summed E-state index contributed by atoms with van der Waals surface area (Å²) in [5.41, 5.74) is 1.77. The minimum absolute atomic E-state index is 0.0163. The summed E-state index contributed by atoms with van der Waals surface area (Å²) in [6.07, 6.45) is 0. The molecule has 4 nitrogen and oxygen atoms in total. The van der Waals surface area contributed by atoms with Crippen LogP contribution >= 0.6 is 0 Å². The standard InChI is InChI=1S/C19H18F2N2O2S/c1-11(2)13-4-6-14(7-5-13)18-12(3)19(23-26(18,24)25)22-17-10-15(20)8-9-16(17)21/h4-11H,1-3H3,(H,22,23). The topological polar surface area (TPSA) is 58.5 Å². The smallest absolute Gasteiger partial charge is 0.285 e. The van der Waals surface area contributed by atoms with Crippen LogP contribution in [0.4, 0.5) is 14.5 Å². The average molecular weight is 376 g/mol. The minimum atomic E-state index is -3.93. The van der Waals surface area contributed by atoms with Crippen LogP contribution in [0.25, 0.3) is 4.91 Å². The van der Waals surface area contributed by atoms with Crippen LogP contribution in [0, 0.1) is 11.6 Å². The van der Waals surface area contributed by atoms with Crippen LogP contribution in [0.5, 0.6) is 0 Å². The molecule has 0 aromatic heterocycles. The second-order valence-electron chi connectivity index (χ2n) is 6.39. The largest absolute Gasteiger partial charge is 0.337 e. The van der Waals surface area contributed by atoms with E-state index in [0.717, 1.165) is 23.8 Å². The third-order valence-corrected chi connectivity index (χ3v) is 5.67. The summed E-state index contributed by atoms with van der Waals surface area (Å²) in [5.74, 6) is -1.03. The van der Waals surface area contributed by atoms with Crippen molar-refractivity contribution in [3.63, 3.8) is 0 Å². The van der Waals surface area contributed by atoms with Gasteiger partial charge < -0.3 is 5.32 Å². The molecule has 0 spiro atoms. The van der Waals surface area contributed by atoms with Gasteiger partial charge in [0, 0.05) is 11.6 Å². The second kappa shape index (κ2) is 6.64. The van der Waals surface area contributed by atoms with Crippen molar-refractivity contribution >= 4 is 26.5 Å². The van der Waals surface area contributed by atoms with Crippen LogP contribution < -0.4 is 5.32 Å². The van der Waals surface area contributed by atoms with Crippen molar-refractivity contribution < 1.29 is 17.2 Å². The van der Waals surface area contributed by atoms with E-state index in [1.165, 1.54) is 0 Å². The van der Waals surface area contributed by atoms with Crippen molar-refractivity contribution in [3.05, 3.63) is 70.8 Å². The van der Waals surface area contributed by atoms with Gasteiger partial charge in [0.25, 0.3) is 10.0 Å². The molecule has 0 unspecified atom stereocenters. The van der Waals surface area contributed by atoms with Gasteiger partial charge in [0.1, 0.15) is 22.4 Å². The van der Waals surface area contributed by atoms with Crippen molar-refractivity contribution in [2.75, 3.05) is 5.32 Å². The Balaban J connectivity index is 2.00. The Kier molecular flexibility index (Phi) is 4.66. The van der Waals surface area contributed by atoms with E-state index in [9.17, 15) is 17.2 Å². The first-order chi connectivity index (χ1) is 12.2. The Labute approximate surface area is 151 Å². The lowest BCUT2D eigenvalue weighted by Gasteiger charge is -2.09. The maximum atomic E-state index is 13.8. The molecule has 0 fully saturated rings. The Morgan fingerprint density at radius 1 is 1.04 bits per heavy atom. The number of hydrogen-bond acceptors (Lipinski definition) is 3. The maximum Gasteiger partial charge on any atom is 0.285 e. The normalized spacial score (nSPS) is 16.2. The fraction of sp³-hybridized carbons (Fsp3) is 0.211. The van der Waals surface area contributed by atoms with Gasteiger partial charge in [-0.25, -0.2) is 8.78 Å². The van der Waals surface area contributed by atoms with Crippen molar-refractivity contribution in [2.24, 2.45) is 4.40 Å². The van der Waals surface area contributed by atoms with Crippen molar-refractivity contribution in [2.45, 2.75) is 26.7 Å². The molecule has 136 valence electrons. The summed E-state index contributed by atoms with van der Waals surface area (Å²) in [7, 11) is -3.93. The number of anilines is 1. The number of nitrogens with zero attached hydrogens (tertiary/aromatic N) is 1. The van der Waals surface area contributed by atoms with Crippen LogP contribution in [-0.2, 0) is 10.0 Å². The fourth-order valence-electron chi connectivity index (χ4n) is 2.76. The van der Waals surface area contributed by atoms with E-state index in [4.69, 9.17) is 0 Å². The molecule has 1 aliphatic rings. The summed E-state index contributed by atoms with van der Waals surface area (Å²) in [4.78, 5) is 0.0621. The van der Waals surface area contributed by atoms with E-state index in [2.05, 4.69) is 9.71 Å². The molecular formula is C19H18F2N2O2S. The van der Waals surface area contributed by atoms with Gasteiger partial charge in [-0.05, 0) is 36.1 Å². The lowest BCUT2D eigenvalue weighted by molar-refractivity contribution is 0.604. The molecule has 0 saturated heterocycles. The Morgan fingerprint density at radius 3 is 2.31 bits per heavy atom. The molecule has 0 bridgehead atoms. The molecule has 2 aromatic carbocycles. The number of halogens is 2. The first-order valence-corrected chi connectivity index (χ1v) is 9.51. The molecule has 0 saturated carbocycles. The van der Waals surface area contributed by atoms with Gasteiger partial charge in [0.2, 0.25) is 0 Å². The lowest BCUT2D eigenvalue weighted by Crippen LogP contribution is -2.12. The van der Waals surface area contributed by atoms with Gasteiger partial charge in [0.15, 0.2) is 0 Å². The molecule has 2 aromatic rings. The third kappa shape index (κ3) is 3.39. The van der Waals surface area contributed by atoms with Gasteiger partial charge in [-0.15, -0.1) is 4.40 Å². The van der Waals surface area contributed by atoms with E-state index in [1.807, 2.05) is 26.0 Å². The number of benzene rings is 2. The Bertz CT molecular complexity index is 1020. The van der Waals surface area contributed by atoms with E-state index >= 15 is 0 Å². The third-order valence-electron chi connectivity index (χ3n) is 4.19. The van der Waals surface area contributed by atoms with Gasteiger partial charge >= 0.3 is 0 Å². The molecule has 7 heteroatoms. The number of sulfonamides is 1. The Hall–Kier alpha value is -2.54. The zero-order chi connectivity index (χ0) is 19.1. The highest BCUT2D eigenvalue weighted by molar-refractivity contribution is 8.00. The first kappa shape index (κ1) is 18.3. The molecule has 3 rings (SSSR count). The summed E-state index contributed by atoms with van der Waals surface area (Å²) >= 11 is 0. The SMILES string of the molecule is CC1=C(c2ccc(C(C)C)cc2)S(=O)(=O)N=C1Nc1cc(F)ccc1F. The zero-order valence-electron chi connectivity index (χ0n) is 14.5. The molecule has 1 aliphatic heterocycles. The average Bonchev–Trinajstić information content (AvgIpc) is 2.80. The number of hydrogen-bond donors (Lipinski definition) is 1. The summed E-state index contributed by atoms with van der Waals surface area (Å²) < 4.78 is 55.9. The van der Waals surface area contributed by atoms with Crippen LogP contribution in [0.1, 0.15) is 37.8 Å². The predicted octanol–water partition coefficient (Wildman–Crippen LogP) is 4.67. The van der Waals surface area contributed by atoms with Crippen LogP contribution in [-0.4, -0.2) is 14.3 Å². The summed E-state index contributed by atoms with van der Waals surface area (Å²) in [5, 5.41) is 2.58. The summed E-state index contributed by atoms with van der Waals surface area (Å²) in [6, 6.07) is 10.1. The van der Waals surface area contributed by atoms with E-state index in [1.54, 1.807) is 19.1 Å². The number of amidine groups is 1. The van der Waals surface area contributed by atoms with Crippen molar-refractivity contribution in [1.82, 2.24) is 0 Å². The molecule has 0 amide bonds. The molecular weight excluding hydrogens is 358 g/mol. The lowest BCUT2D eigenvalue weighted by atomic mass is 10.0. The van der Waals surface area contributed by atoms with Gasteiger partial charge in [0.05, 0.1) is 5.69 Å². The fourth-order valence-corrected chi connectivity index (χ4v) is 4.19. The Morgan fingerprint density at radius 2 is 1.69 bits per heavy atom. The molecule has 0 aliphatic carbocycles. The van der Waals surface area contributed by atoms with Gasteiger partial charge in [-0.2, -0.15) is 8.42 Å². The van der Waals surface area contributed by atoms with E-state index in [-0.39, 0.29) is 16.4 Å². The molecule has 0 atom stereocenters. The van der Waals surface area contributed by atoms with Crippen molar-refractivity contribution in [3.8, 4) is 0 Å². The molecule has 0 radical (unpaired) electrons. The van der Waals surface area contributed by atoms with Crippen LogP contribution in [0.3, 0.4) is 0 Å². The van der Waals surface area contributed by atoms with Crippen LogP contribution in [0.15, 0.2) is 52.4 Å². The maximum absolute atomic E-state index is 13.8. The highest BCUT2D eigenvalue weighted by atomic mass is 32.2. The zero-order valence-corrected chi connectivity index (χ0v) is 15.4. The predicted molar refractivity (Wildman–Crippen MR) is 99.5 cm³/mol. The quantitative estimate of drug-likeness (QED) is 0.847. The molecule has 26 heavy (non-hydrogen) atoms. The number of nitrogens with one attached hydrogen (secondary N) is 1. The highest BCUT2D eigenvalue weighted by Crippen LogP contribution is 2.34. The first-order valence-electron chi connectivity index (χ1n) is 8.07. The monoisotopic (exact) mass is 376 g/mol. The van der Waals surface area contributed by atoms with Gasteiger partial charge in [-0.1, -0.05) is 38.1 Å². The minimum Gasteiger partial charge on any atom is -0.337 e. The number of rotatable bonds is 3. The van der Waals surface area contributed by atoms with Crippen molar-refractivity contribution in [1.29, 1.82) is 0 Å². The highest BCUT2D eigenvalue weighted by Gasteiger charge is 2.31. The molecule has 1 heterocycles. The summed E-state index contributed by atoms with van der Waals surface area (Å²) in [6.45, 7) is 5.67. The molecule has 1 N–H and O–H groups in total. The van der Waals surface area contributed by atoms with E-state index < -0.39 is 21.7 Å². The van der Waals surface area contributed by atoms with E-state index in [0.29, 0.717) is 17.1 Å². The van der Waals surface area contributed by atoms with Gasteiger partial charge in [-0.3, -0.25) is 0 Å². The van der Waals surface area contributed by atoms with Crippen LogP contribution in [0.2, 0.25) is 0 Å².